The van der Waals surface area contributed by atoms with Crippen LogP contribution in [-0.4, -0.2) is 26.4 Å². The molecule has 0 saturated carbocycles. The monoisotopic (exact) mass is 289 g/mol. The summed E-state index contributed by atoms with van der Waals surface area (Å²) in [5.41, 5.74) is 1.48. The number of phenols is 2. The predicted octanol–water partition coefficient (Wildman–Crippen LogP) is 3.21. The highest BCUT2D eigenvalue weighted by Crippen LogP contribution is 2.38. The number of aromatic hydroxyl groups is 2. The number of phenolic OH excluding ortho intramolecular Hbond substituents is 2. The Morgan fingerprint density at radius 2 is 1.95 bits per heavy atom. The summed E-state index contributed by atoms with van der Waals surface area (Å²) in [4.78, 5) is 12.2. The third-order valence-corrected chi connectivity index (χ3v) is 2.98. The summed E-state index contributed by atoms with van der Waals surface area (Å²) in [7, 11) is 0. The van der Waals surface area contributed by atoms with Crippen molar-refractivity contribution in [1.29, 1.82) is 0 Å². The average Bonchev–Trinajstić information content (AvgIpc) is 2.90. The highest BCUT2D eigenvalue weighted by molar-refractivity contribution is 6.32. The van der Waals surface area contributed by atoms with Crippen molar-refractivity contribution in [1.82, 2.24) is 9.97 Å². The van der Waals surface area contributed by atoms with Gasteiger partial charge in [-0.1, -0.05) is 11.6 Å². The summed E-state index contributed by atoms with van der Waals surface area (Å²) in [6.45, 7) is 0. The standard InChI is InChI=1S/C12H8ClN5O2/c13-6-3-8(10(20)4-9(6)19)17-18-12-11-7(1-2-14-11)15-5-16-12/h2-5,19-20H,1H2. The first-order chi connectivity index (χ1) is 9.65. The predicted molar refractivity (Wildman–Crippen MR) is 72.8 cm³/mol. The van der Waals surface area contributed by atoms with Crippen molar-refractivity contribution >= 4 is 35.0 Å². The van der Waals surface area contributed by atoms with Crippen LogP contribution in [0, 0.1) is 0 Å². The topological polar surface area (TPSA) is 103 Å². The van der Waals surface area contributed by atoms with E-state index in [4.69, 9.17) is 11.6 Å². The van der Waals surface area contributed by atoms with E-state index in [2.05, 4.69) is 25.2 Å². The Kier molecular flexibility index (Phi) is 3.03. The van der Waals surface area contributed by atoms with E-state index in [1.807, 2.05) is 0 Å². The van der Waals surface area contributed by atoms with Gasteiger partial charge < -0.3 is 10.2 Å². The molecule has 8 heteroatoms. The number of aromatic nitrogens is 2. The summed E-state index contributed by atoms with van der Waals surface area (Å²) < 4.78 is 0. The second kappa shape index (κ2) is 4.86. The lowest BCUT2D eigenvalue weighted by molar-refractivity contribution is 0.451. The van der Waals surface area contributed by atoms with Crippen molar-refractivity contribution in [3.05, 3.63) is 29.2 Å². The van der Waals surface area contributed by atoms with E-state index in [1.54, 1.807) is 6.21 Å². The minimum absolute atomic E-state index is 0.0719. The molecule has 0 atom stereocenters. The molecule has 2 aromatic rings. The van der Waals surface area contributed by atoms with Gasteiger partial charge in [0.25, 0.3) is 0 Å². The number of halogens is 1. The van der Waals surface area contributed by atoms with Gasteiger partial charge in [-0.2, -0.15) is 0 Å². The van der Waals surface area contributed by atoms with Gasteiger partial charge in [0.2, 0.25) is 5.82 Å². The molecule has 0 amide bonds. The molecule has 100 valence electrons. The first-order valence-electron chi connectivity index (χ1n) is 5.65. The zero-order valence-corrected chi connectivity index (χ0v) is 10.8. The minimum atomic E-state index is -0.232. The molecule has 0 saturated heterocycles. The van der Waals surface area contributed by atoms with Crippen LogP contribution in [0.15, 0.2) is 33.7 Å². The summed E-state index contributed by atoms with van der Waals surface area (Å²) in [6, 6.07) is 2.40. The van der Waals surface area contributed by atoms with E-state index in [9.17, 15) is 10.2 Å². The normalized spacial score (nSPS) is 13.1. The maximum Gasteiger partial charge on any atom is 0.203 e. The first-order valence-corrected chi connectivity index (χ1v) is 6.02. The van der Waals surface area contributed by atoms with Crippen LogP contribution in [0.5, 0.6) is 11.5 Å². The van der Waals surface area contributed by atoms with Crippen molar-refractivity contribution in [2.75, 3.05) is 0 Å². The molecule has 1 aliphatic heterocycles. The first kappa shape index (κ1) is 12.5. The lowest BCUT2D eigenvalue weighted by Crippen LogP contribution is -1.86. The summed E-state index contributed by atoms with van der Waals surface area (Å²) in [5, 5.41) is 26.9. The lowest BCUT2D eigenvalue weighted by Gasteiger charge is -2.01. The molecule has 1 aliphatic rings. The molecular formula is C12H8ClN5O2. The summed E-state index contributed by atoms with van der Waals surface area (Å²) >= 11 is 5.75. The van der Waals surface area contributed by atoms with Gasteiger partial charge in [0.15, 0.2) is 0 Å². The fourth-order valence-electron chi connectivity index (χ4n) is 1.70. The van der Waals surface area contributed by atoms with E-state index in [1.165, 1.54) is 12.4 Å². The van der Waals surface area contributed by atoms with Crippen molar-refractivity contribution in [3.63, 3.8) is 0 Å². The molecule has 0 bridgehead atoms. The number of rotatable bonds is 2. The van der Waals surface area contributed by atoms with Gasteiger partial charge in [-0.25, -0.2) is 9.97 Å². The van der Waals surface area contributed by atoms with Crippen LogP contribution in [0.1, 0.15) is 5.69 Å². The third-order valence-electron chi connectivity index (χ3n) is 2.68. The van der Waals surface area contributed by atoms with Gasteiger partial charge in [0.05, 0.1) is 10.7 Å². The van der Waals surface area contributed by atoms with Gasteiger partial charge in [-0.05, 0) is 6.07 Å². The van der Waals surface area contributed by atoms with Crippen molar-refractivity contribution in [3.8, 4) is 11.5 Å². The molecule has 0 fully saturated rings. The van der Waals surface area contributed by atoms with Crippen molar-refractivity contribution in [2.24, 2.45) is 15.2 Å². The van der Waals surface area contributed by atoms with E-state index >= 15 is 0 Å². The quantitative estimate of drug-likeness (QED) is 0.828. The molecule has 1 aromatic carbocycles. The SMILES string of the molecule is Oc1cc(O)c(N=Nc2ncnc3c2N=CC3)cc1Cl. The molecule has 0 unspecified atom stereocenters. The number of hydrogen-bond donors (Lipinski definition) is 2. The molecule has 0 aliphatic carbocycles. The number of fused-ring (bicyclic) bond motifs is 1. The molecule has 2 heterocycles. The van der Waals surface area contributed by atoms with Gasteiger partial charge >= 0.3 is 0 Å². The van der Waals surface area contributed by atoms with E-state index in [0.29, 0.717) is 17.9 Å². The largest absolute Gasteiger partial charge is 0.506 e. The van der Waals surface area contributed by atoms with Crippen LogP contribution in [0.4, 0.5) is 17.2 Å². The minimum Gasteiger partial charge on any atom is -0.506 e. The van der Waals surface area contributed by atoms with E-state index in [0.717, 1.165) is 11.8 Å². The van der Waals surface area contributed by atoms with Gasteiger partial charge in [0, 0.05) is 18.7 Å². The lowest BCUT2D eigenvalue weighted by atomic mass is 10.3. The molecular weight excluding hydrogens is 282 g/mol. The number of hydrogen-bond acceptors (Lipinski definition) is 7. The van der Waals surface area contributed by atoms with E-state index in [-0.39, 0.29) is 22.2 Å². The Morgan fingerprint density at radius 1 is 1.10 bits per heavy atom. The van der Waals surface area contributed by atoms with E-state index < -0.39 is 0 Å². The zero-order chi connectivity index (χ0) is 14.1. The van der Waals surface area contributed by atoms with Crippen LogP contribution in [0.3, 0.4) is 0 Å². The Morgan fingerprint density at radius 3 is 2.80 bits per heavy atom. The fraction of sp³-hybridized carbons (Fsp3) is 0.0833. The fourth-order valence-corrected chi connectivity index (χ4v) is 1.86. The highest BCUT2D eigenvalue weighted by atomic mass is 35.5. The Balaban J connectivity index is 1.98. The number of benzene rings is 1. The average molecular weight is 290 g/mol. The van der Waals surface area contributed by atoms with Gasteiger partial charge in [-0.15, -0.1) is 10.2 Å². The molecule has 7 nitrogen and oxygen atoms in total. The maximum absolute atomic E-state index is 9.65. The second-order valence-corrected chi connectivity index (χ2v) is 4.41. The molecule has 0 spiro atoms. The molecule has 20 heavy (non-hydrogen) atoms. The van der Waals surface area contributed by atoms with Crippen molar-refractivity contribution < 1.29 is 10.2 Å². The smallest absolute Gasteiger partial charge is 0.203 e. The Hall–Kier alpha value is -2.54. The van der Waals surface area contributed by atoms with Crippen LogP contribution in [-0.2, 0) is 6.42 Å². The second-order valence-electron chi connectivity index (χ2n) is 4.00. The third kappa shape index (κ3) is 2.19. The Labute approximate surface area is 118 Å². The zero-order valence-electron chi connectivity index (χ0n) is 10.0. The number of azo groups is 1. The summed E-state index contributed by atoms with van der Waals surface area (Å²) in [6.07, 6.45) is 3.73. The van der Waals surface area contributed by atoms with Gasteiger partial charge in [-0.3, -0.25) is 4.99 Å². The Bertz CT molecular complexity index is 745. The van der Waals surface area contributed by atoms with Gasteiger partial charge in [0.1, 0.15) is 29.2 Å². The van der Waals surface area contributed by atoms with Crippen LogP contribution in [0.2, 0.25) is 5.02 Å². The van der Waals surface area contributed by atoms with Crippen LogP contribution < -0.4 is 0 Å². The molecule has 3 rings (SSSR count). The summed E-state index contributed by atoms with van der Waals surface area (Å²) in [5.74, 6) is -0.146. The maximum atomic E-state index is 9.65. The van der Waals surface area contributed by atoms with Crippen molar-refractivity contribution in [2.45, 2.75) is 6.42 Å². The van der Waals surface area contributed by atoms with Crippen LogP contribution >= 0.6 is 11.6 Å². The number of aliphatic imine (C=N–C) groups is 1. The van der Waals surface area contributed by atoms with Crippen LogP contribution in [0.25, 0.3) is 0 Å². The molecule has 1 aromatic heterocycles. The highest BCUT2D eigenvalue weighted by Gasteiger charge is 2.14. The number of nitrogens with zero attached hydrogens (tertiary/aromatic N) is 5. The molecule has 0 radical (unpaired) electrons. The molecule has 2 N–H and O–H groups in total.